The van der Waals surface area contributed by atoms with Gasteiger partial charge in [0.2, 0.25) is 0 Å². The molecule has 0 saturated heterocycles. The molecule has 0 fully saturated rings. The fourth-order valence-electron chi connectivity index (χ4n) is 1.34. The SMILES string of the molecule is CCn1nc(C)c(Br)c1CCCCl. The Morgan fingerprint density at radius 2 is 2.23 bits per heavy atom. The van der Waals surface area contributed by atoms with Crippen molar-refractivity contribution < 1.29 is 0 Å². The van der Waals surface area contributed by atoms with Crippen LogP contribution in [-0.4, -0.2) is 15.7 Å². The zero-order chi connectivity index (χ0) is 9.84. The molecule has 0 aliphatic heterocycles. The minimum absolute atomic E-state index is 0.709. The van der Waals surface area contributed by atoms with E-state index in [-0.39, 0.29) is 0 Å². The molecule has 1 aromatic rings. The third kappa shape index (κ3) is 2.47. The molecule has 0 bridgehead atoms. The molecule has 0 amide bonds. The minimum Gasteiger partial charge on any atom is -0.268 e. The van der Waals surface area contributed by atoms with Gasteiger partial charge in [-0.25, -0.2) is 0 Å². The van der Waals surface area contributed by atoms with Crippen molar-refractivity contribution in [1.29, 1.82) is 0 Å². The van der Waals surface area contributed by atoms with E-state index < -0.39 is 0 Å². The Labute approximate surface area is 92.4 Å². The van der Waals surface area contributed by atoms with E-state index in [9.17, 15) is 0 Å². The molecule has 2 nitrogen and oxygen atoms in total. The average Bonchev–Trinajstić information content (AvgIpc) is 2.40. The first-order valence-corrected chi connectivity index (χ1v) is 5.81. The number of aryl methyl sites for hydroxylation is 2. The largest absolute Gasteiger partial charge is 0.268 e. The summed E-state index contributed by atoms with van der Waals surface area (Å²) in [6.45, 7) is 5.04. The lowest BCUT2D eigenvalue weighted by atomic mass is 10.2. The number of hydrogen-bond donors (Lipinski definition) is 0. The van der Waals surface area contributed by atoms with E-state index in [0.717, 1.165) is 29.6 Å². The maximum atomic E-state index is 5.66. The lowest BCUT2D eigenvalue weighted by Gasteiger charge is -2.03. The van der Waals surface area contributed by atoms with Crippen LogP contribution >= 0.6 is 27.5 Å². The van der Waals surface area contributed by atoms with Crippen LogP contribution in [0.15, 0.2) is 4.47 Å². The first-order valence-electron chi connectivity index (χ1n) is 4.48. The lowest BCUT2D eigenvalue weighted by Crippen LogP contribution is -2.03. The van der Waals surface area contributed by atoms with Crippen LogP contribution in [0.1, 0.15) is 24.7 Å². The van der Waals surface area contributed by atoms with Gasteiger partial charge in [0.1, 0.15) is 0 Å². The summed E-state index contributed by atoms with van der Waals surface area (Å²) >= 11 is 9.21. The number of hydrogen-bond acceptors (Lipinski definition) is 1. The van der Waals surface area contributed by atoms with Gasteiger partial charge in [-0.2, -0.15) is 5.10 Å². The Morgan fingerprint density at radius 1 is 1.54 bits per heavy atom. The van der Waals surface area contributed by atoms with Crippen molar-refractivity contribution >= 4 is 27.5 Å². The summed E-state index contributed by atoms with van der Waals surface area (Å²) in [7, 11) is 0. The highest BCUT2D eigenvalue weighted by Crippen LogP contribution is 2.22. The van der Waals surface area contributed by atoms with Crippen LogP contribution in [0, 0.1) is 6.92 Å². The van der Waals surface area contributed by atoms with Gasteiger partial charge in [0.05, 0.1) is 15.9 Å². The zero-order valence-corrected chi connectivity index (χ0v) is 10.3. The number of nitrogens with zero attached hydrogens (tertiary/aromatic N) is 2. The summed E-state index contributed by atoms with van der Waals surface area (Å²) in [6.07, 6.45) is 2.00. The van der Waals surface area contributed by atoms with Crippen molar-refractivity contribution in [3.63, 3.8) is 0 Å². The number of aromatic nitrogens is 2. The maximum Gasteiger partial charge on any atom is 0.0738 e. The summed E-state index contributed by atoms with van der Waals surface area (Å²) in [5.74, 6) is 0.709. The monoisotopic (exact) mass is 264 g/mol. The fraction of sp³-hybridized carbons (Fsp3) is 0.667. The molecule has 4 heteroatoms. The number of rotatable bonds is 4. The molecular formula is C9H14BrClN2. The Balaban J connectivity index is 2.88. The highest BCUT2D eigenvalue weighted by molar-refractivity contribution is 9.10. The van der Waals surface area contributed by atoms with E-state index in [1.807, 2.05) is 11.6 Å². The summed E-state index contributed by atoms with van der Waals surface area (Å²) in [4.78, 5) is 0. The van der Waals surface area contributed by atoms with Crippen molar-refractivity contribution in [3.8, 4) is 0 Å². The molecule has 0 aliphatic rings. The molecule has 1 rings (SSSR count). The molecule has 0 spiro atoms. The second kappa shape index (κ2) is 5.01. The molecule has 0 radical (unpaired) electrons. The van der Waals surface area contributed by atoms with Crippen LogP contribution < -0.4 is 0 Å². The van der Waals surface area contributed by atoms with Crippen LogP contribution in [0.3, 0.4) is 0 Å². The second-order valence-electron chi connectivity index (χ2n) is 2.95. The highest BCUT2D eigenvalue weighted by Gasteiger charge is 2.10. The molecule has 13 heavy (non-hydrogen) atoms. The lowest BCUT2D eigenvalue weighted by molar-refractivity contribution is 0.611. The Morgan fingerprint density at radius 3 is 2.77 bits per heavy atom. The van der Waals surface area contributed by atoms with Crippen LogP contribution in [0.4, 0.5) is 0 Å². The van der Waals surface area contributed by atoms with Gasteiger partial charge in [0.15, 0.2) is 0 Å². The van der Waals surface area contributed by atoms with E-state index in [1.165, 1.54) is 5.69 Å². The van der Waals surface area contributed by atoms with Gasteiger partial charge in [-0.3, -0.25) is 4.68 Å². The molecule has 1 aromatic heterocycles. The standard InChI is InChI=1S/C9H14BrClN2/c1-3-13-8(5-4-6-11)9(10)7(2)12-13/h3-6H2,1-2H3. The number of halogens is 2. The number of alkyl halides is 1. The van der Waals surface area contributed by atoms with Crippen LogP contribution in [0.5, 0.6) is 0 Å². The van der Waals surface area contributed by atoms with Gasteiger partial charge in [-0.05, 0) is 42.6 Å². The molecule has 0 N–H and O–H groups in total. The van der Waals surface area contributed by atoms with Gasteiger partial charge in [-0.15, -0.1) is 11.6 Å². The fourth-order valence-corrected chi connectivity index (χ4v) is 1.96. The Bertz CT molecular complexity index is 283. The van der Waals surface area contributed by atoms with Crippen molar-refractivity contribution in [1.82, 2.24) is 9.78 Å². The summed E-state index contributed by atoms with van der Waals surface area (Å²) < 4.78 is 3.17. The van der Waals surface area contributed by atoms with Crippen molar-refractivity contribution in [3.05, 3.63) is 15.9 Å². The second-order valence-corrected chi connectivity index (χ2v) is 4.13. The quantitative estimate of drug-likeness (QED) is 0.765. The van der Waals surface area contributed by atoms with Crippen LogP contribution in [0.2, 0.25) is 0 Å². The van der Waals surface area contributed by atoms with E-state index in [4.69, 9.17) is 11.6 Å². The summed E-state index contributed by atoms with van der Waals surface area (Å²) in [5.41, 5.74) is 2.33. The highest BCUT2D eigenvalue weighted by atomic mass is 79.9. The summed E-state index contributed by atoms with van der Waals surface area (Å²) in [5, 5.41) is 4.41. The van der Waals surface area contributed by atoms with E-state index in [1.54, 1.807) is 0 Å². The molecule has 0 unspecified atom stereocenters. The van der Waals surface area contributed by atoms with Gasteiger partial charge in [0.25, 0.3) is 0 Å². The molecule has 74 valence electrons. The molecule has 0 aliphatic carbocycles. The Hall–Kier alpha value is -0.0200. The predicted octanol–water partition coefficient (Wildman–Crippen LogP) is 3.15. The molecule has 0 aromatic carbocycles. The topological polar surface area (TPSA) is 17.8 Å². The van der Waals surface area contributed by atoms with Gasteiger partial charge in [0, 0.05) is 12.4 Å². The molecule has 0 saturated carbocycles. The minimum atomic E-state index is 0.709. The van der Waals surface area contributed by atoms with E-state index in [2.05, 4.69) is 28.0 Å². The molecule has 0 atom stereocenters. The van der Waals surface area contributed by atoms with E-state index >= 15 is 0 Å². The van der Waals surface area contributed by atoms with Crippen molar-refractivity contribution in [2.45, 2.75) is 33.2 Å². The van der Waals surface area contributed by atoms with Gasteiger partial charge < -0.3 is 0 Å². The zero-order valence-electron chi connectivity index (χ0n) is 7.98. The summed E-state index contributed by atoms with van der Waals surface area (Å²) in [6, 6.07) is 0. The normalized spacial score (nSPS) is 10.8. The van der Waals surface area contributed by atoms with E-state index in [0.29, 0.717) is 5.88 Å². The first-order chi connectivity index (χ1) is 6.20. The van der Waals surface area contributed by atoms with Crippen LogP contribution in [0.25, 0.3) is 0 Å². The average molecular weight is 266 g/mol. The first kappa shape index (κ1) is 11.1. The van der Waals surface area contributed by atoms with Crippen molar-refractivity contribution in [2.75, 3.05) is 5.88 Å². The van der Waals surface area contributed by atoms with Gasteiger partial charge >= 0.3 is 0 Å². The maximum absolute atomic E-state index is 5.66. The predicted molar refractivity (Wildman–Crippen MR) is 59.4 cm³/mol. The van der Waals surface area contributed by atoms with Gasteiger partial charge in [-0.1, -0.05) is 0 Å². The smallest absolute Gasteiger partial charge is 0.0738 e. The van der Waals surface area contributed by atoms with Crippen molar-refractivity contribution in [2.24, 2.45) is 0 Å². The third-order valence-corrected chi connectivity index (χ3v) is 3.30. The third-order valence-electron chi connectivity index (χ3n) is 2.00. The Kier molecular flexibility index (Phi) is 4.26. The molecular weight excluding hydrogens is 251 g/mol. The van der Waals surface area contributed by atoms with Crippen LogP contribution in [-0.2, 0) is 13.0 Å². The molecule has 1 heterocycles.